The normalized spacial score (nSPS) is 16.7. The van der Waals surface area contributed by atoms with Gasteiger partial charge in [0, 0.05) is 20.6 Å². The first-order valence-corrected chi connectivity index (χ1v) is 11.4. The highest BCUT2D eigenvalue weighted by Gasteiger charge is 2.26. The van der Waals surface area contributed by atoms with Gasteiger partial charge in [-0.25, -0.2) is 12.7 Å². The number of carbonyl (C=O) groups excluding carboxylic acids is 1. The van der Waals surface area contributed by atoms with Crippen molar-refractivity contribution in [2.75, 3.05) is 33.7 Å². The molecule has 0 bridgehead atoms. The zero-order chi connectivity index (χ0) is 21.0. The third kappa shape index (κ3) is 5.01. The number of nitrogens with one attached hydrogen (secondary N) is 1. The van der Waals surface area contributed by atoms with E-state index in [1.54, 1.807) is 6.26 Å². The first-order valence-electron chi connectivity index (χ1n) is 9.58. The molecule has 29 heavy (non-hydrogen) atoms. The smallest absolute Gasteiger partial charge is 0.252 e. The molecule has 1 aromatic heterocycles. The molecule has 3 rings (SSSR count). The Balaban J connectivity index is 1.78. The van der Waals surface area contributed by atoms with Crippen LogP contribution in [0.5, 0.6) is 0 Å². The van der Waals surface area contributed by atoms with Gasteiger partial charge in [0.15, 0.2) is 0 Å². The van der Waals surface area contributed by atoms with Crippen molar-refractivity contribution in [3.05, 3.63) is 52.9 Å². The second-order valence-corrected chi connectivity index (χ2v) is 9.83. The number of benzene rings is 1. The maximum absolute atomic E-state index is 12.8. The molecule has 1 N–H and O–H groups in total. The number of sulfonamides is 1. The summed E-state index contributed by atoms with van der Waals surface area (Å²) in [4.78, 5) is 15.1. The Labute approximate surface area is 176 Å². The second kappa shape index (κ2) is 9.30. The number of carbonyl (C=O) groups is 1. The van der Waals surface area contributed by atoms with Gasteiger partial charge in [0.1, 0.15) is 5.76 Å². The summed E-state index contributed by atoms with van der Waals surface area (Å²) in [5.41, 5.74) is 0.131. The maximum Gasteiger partial charge on any atom is 0.252 e. The van der Waals surface area contributed by atoms with E-state index in [4.69, 9.17) is 16.0 Å². The van der Waals surface area contributed by atoms with Crippen molar-refractivity contribution < 1.29 is 17.6 Å². The van der Waals surface area contributed by atoms with Crippen LogP contribution in [0.4, 0.5) is 0 Å². The molecule has 1 aromatic carbocycles. The van der Waals surface area contributed by atoms with Gasteiger partial charge in [0.25, 0.3) is 5.91 Å². The Morgan fingerprint density at radius 2 is 1.97 bits per heavy atom. The molecule has 1 aliphatic rings. The average Bonchev–Trinajstić information content (AvgIpc) is 3.23. The lowest BCUT2D eigenvalue weighted by Crippen LogP contribution is -2.40. The summed E-state index contributed by atoms with van der Waals surface area (Å²) in [5.74, 6) is 0.376. The highest BCUT2D eigenvalue weighted by Crippen LogP contribution is 2.26. The highest BCUT2D eigenvalue weighted by molar-refractivity contribution is 7.89. The standard InChI is InChI=1S/C20H26ClN3O4S/c1-23(2)29(26,27)15-8-9-17(21)16(13-15)20(25)22-14-18(19-7-6-12-28-19)24-10-4-3-5-11-24/h6-9,12-13,18H,3-5,10-11,14H2,1-2H3,(H,22,25). The summed E-state index contributed by atoms with van der Waals surface area (Å²) in [7, 11) is -0.781. The van der Waals surface area contributed by atoms with E-state index in [0.29, 0.717) is 6.54 Å². The van der Waals surface area contributed by atoms with Crippen molar-refractivity contribution in [1.82, 2.24) is 14.5 Å². The van der Waals surface area contributed by atoms with E-state index in [0.717, 1.165) is 36.0 Å². The Bertz CT molecular complexity index is 939. The zero-order valence-electron chi connectivity index (χ0n) is 16.6. The summed E-state index contributed by atoms with van der Waals surface area (Å²) in [6.45, 7) is 2.23. The summed E-state index contributed by atoms with van der Waals surface area (Å²) < 4.78 is 31.5. The van der Waals surface area contributed by atoms with Crippen LogP contribution in [0.25, 0.3) is 0 Å². The molecule has 158 valence electrons. The second-order valence-electron chi connectivity index (χ2n) is 7.27. The van der Waals surface area contributed by atoms with E-state index in [-0.39, 0.29) is 21.5 Å². The molecule has 7 nitrogen and oxygen atoms in total. The molecule has 2 heterocycles. The Morgan fingerprint density at radius 1 is 1.24 bits per heavy atom. The largest absolute Gasteiger partial charge is 0.468 e. The van der Waals surface area contributed by atoms with Gasteiger partial charge in [0.05, 0.1) is 27.8 Å². The van der Waals surface area contributed by atoms with E-state index in [9.17, 15) is 13.2 Å². The van der Waals surface area contributed by atoms with Crippen LogP contribution in [0.3, 0.4) is 0 Å². The van der Waals surface area contributed by atoms with Gasteiger partial charge in [-0.2, -0.15) is 0 Å². The van der Waals surface area contributed by atoms with E-state index in [2.05, 4.69) is 10.2 Å². The first kappa shape index (κ1) is 21.8. The van der Waals surface area contributed by atoms with E-state index in [1.165, 1.54) is 38.7 Å². The van der Waals surface area contributed by atoms with Crippen molar-refractivity contribution in [3.63, 3.8) is 0 Å². The Morgan fingerprint density at radius 3 is 2.59 bits per heavy atom. The third-order valence-corrected chi connectivity index (χ3v) is 7.26. The summed E-state index contributed by atoms with van der Waals surface area (Å²) in [5, 5.41) is 3.10. The van der Waals surface area contributed by atoms with Crippen molar-refractivity contribution >= 4 is 27.5 Å². The monoisotopic (exact) mass is 439 g/mol. The number of piperidine rings is 1. The average molecular weight is 440 g/mol. The predicted molar refractivity (Wildman–Crippen MR) is 112 cm³/mol. The molecule has 1 aliphatic heterocycles. The molecular formula is C20H26ClN3O4S. The fraction of sp³-hybridized carbons (Fsp3) is 0.450. The molecule has 1 fully saturated rings. The minimum Gasteiger partial charge on any atom is -0.468 e. The number of likely N-dealkylation sites (tertiary alicyclic amines) is 1. The zero-order valence-corrected chi connectivity index (χ0v) is 18.2. The topological polar surface area (TPSA) is 82.9 Å². The van der Waals surface area contributed by atoms with Crippen LogP contribution in [-0.2, 0) is 10.0 Å². The van der Waals surface area contributed by atoms with Crippen LogP contribution in [0.2, 0.25) is 5.02 Å². The van der Waals surface area contributed by atoms with Gasteiger partial charge in [-0.05, 0) is 56.3 Å². The van der Waals surface area contributed by atoms with Gasteiger partial charge in [0.2, 0.25) is 10.0 Å². The van der Waals surface area contributed by atoms with Crippen molar-refractivity contribution in [2.45, 2.75) is 30.2 Å². The van der Waals surface area contributed by atoms with Crippen LogP contribution >= 0.6 is 11.6 Å². The number of nitrogens with zero attached hydrogens (tertiary/aromatic N) is 2. The van der Waals surface area contributed by atoms with Gasteiger partial charge in [-0.15, -0.1) is 0 Å². The molecule has 1 saturated heterocycles. The van der Waals surface area contributed by atoms with E-state index >= 15 is 0 Å². The fourth-order valence-electron chi connectivity index (χ4n) is 3.45. The van der Waals surface area contributed by atoms with Crippen molar-refractivity contribution in [3.8, 4) is 0 Å². The molecule has 0 saturated carbocycles. The summed E-state index contributed by atoms with van der Waals surface area (Å²) in [6, 6.07) is 7.80. The van der Waals surface area contributed by atoms with Crippen LogP contribution in [-0.4, -0.2) is 57.3 Å². The lowest BCUT2D eigenvalue weighted by Gasteiger charge is -2.33. The maximum atomic E-state index is 12.8. The van der Waals surface area contributed by atoms with E-state index in [1.807, 2.05) is 12.1 Å². The summed E-state index contributed by atoms with van der Waals surface area (Å²) >= 11 is 6.19. The van der Waals surface area contributed by atoms with Gasteiger partial charge in [-0.1, -0.05) is 18.0 Å². The van der Waals surface area contributed by atoms with Gasteiger partial charge >= 0.3 is 0 Å². The lowest BCUT2D eigenvalue weighted by molar-refractivity contribution is 0.0914. The van der Waals surface area contributed by atoms with Crippen LogP contribution in [0.15, 0.2) is 45.9 Å². The quantitative estimate of drug-likeness (QED) is 0.716. The molecule has 9 heteroatoms. The molecule has 0 radical (unpaired) electrons. The minimum atomic E-state index is -3.66. The van der Waals surface area contributed by atoms with Crippen LogP contribution in [0.1, 0.15) is 41.4 Å². The van der Waals surface area contributed by atoms with Crippen LogP contribution < -0.4 is 5.32 Å². The molecule has 2 aromatic rings. The number of furan rings is 1. The third-order valence-electron chi connectivity index (χ3n) is 5.12. The SMILES string of the molecule is CN(C)S(=O)(=O)c1ccc(Cl)c(C(=O)NCC(c2ccco2)N2CCCCC2)c1. The molecule has 0 spiro atoms. The van der Waals surface area contributed by atoms with Gasteiger partial charge in [-0.3, -0.25) is 9.69 Å². The summed E-state index contributed by atoms with van der Waals surface area (Å²) in [6.07, 6.45) is 5.06. The van der Waals surface area contributed by atoms with Gasteiger partial charge < -0.3 is 9.73 Å². The number of halogens is 1. The minimum absolute atomic E-state index is 0.0238. The van der Waals surface area contributed by atoms with Crippen molar-refractivity contribution in [1.29, 1.82) is 0 Å². The molecule has 1 unspecified atom stereocenters. The first-order chi connectivity index (χ1) is 13.8. The van der Waals surface area contributed by atoms with E-state index < -0.39 is 15.9 Å². The number of hydrogen-bond acceptors (Lipinski definition) is 5. The number of hydrogen-bond donors (Lipinski definition) is 1. The highest BCUT2D eigenvalue weighted by atomic mass is 35.5. The molecule has 1 atom stereocenters. The number of amides is 1. The van der Waals surface area contributed by atoms with Crippen LogP contribution in [0, 0.1) is 0 Å². The molecule has 0 aliphatic carbocycles. The lowest BCUT2D eigenvalue weighted by atomic mass is 10.1. The molecule has 1 amide bonds. The Kier molecular flexibility index (Phi) is 7.00. The van der Waals surface area contributed by atoms with Crippen molar-refractivity contribution in [2.24, 2.45) is 0 Å². The number of rotatable bonds is 7. The Hall–Kier alpha value is -1.87. The molecular weight excluding hydrogens is 414 g/mol. The predicted octanol–water partition coefficient (Wildman–Crippen LogP) is 3.14. The fourth-order valence-corrected chi connectivity index (χ4v) is 4.59.